The predicted octanol–water partition coefficient (Wildman–Crippen LogP) is 6.58. The largest absolute Gasteiger partial charge is 0.508 e. The summed E-state index contributed by atoms with van der Waals surface area (Å²) >= 11 is 8.59. The van der Waals surface area contributed by atoms with Crippen LogP contribution in [0.1, 0.15) is 16.9 Å². The Hall–Kier alpha value is -3.62. The van der Waals surface area contributed by atoms with Crippen molar-refractivity contribution in [1.29, 1.82) is 5.26 Å². The number of hydrogen-bond donors (Lipinski definition) is 2. The van der Waals surface area contributed by atoms with Crippen LogP contribution in [-0.4, -0.2) is 28.6 Å². The Labute approximate surface area is 225 Å². The summed E-state index contributed by atoms with van der Waals surface area (Å²) in [6, 6.07) is 16.3. The van der Waals surface area contributed by atoms with Crippen molar-refractivity contribution in [1.82, 2.24) is 3.97 Å². The van der Waals surface area contributed by atoms with Crippen LogP contribution in [0.2, 0.25) is 5.02 Å². The van der Waals surface area contributed by atoms with Crippen LogP contribution in [0.25, 0.3) is 32.6 Å². The molecular formula is C26H17ClN2O5S3. The number of phenolic OH excluding ortho intramolecular Hbond substituents is 1. The highest BCUT2D eigenvalue weighted by Crippen LogP contribution is 2.47. The molecule has 186 valence electrons. The van der Waals surface area contributed by atoms with Gasteiger partial charge in [-0.15, -0.1) is 22.7 Å². The van der Waals surface area contributed by atoms with Gasteiger partial charge in [-0.25, -0.2) is 12.4 Å². The molecule has 0 spiro atoms. The standard InChI is InChI=1S/C26H17ClN2O5S3/c27-16-4-6-17(7-5-16)37(33,34)29-20-12-15(3-8-24(31)32)21(30)13-19(20)25(18-9-11-36-23(18)14-28)26(29)22-2-1-10-35-22/h1-2,4-7,9-13,30H,3,8H2,(H,31,32). The minimum absolute atomic E-state index is 0.00384. The summed E-state index contributed by atoms with van der Waals surface area (Å²) < 4.78 is 29.6. The molecule has 7 nitrogen and oxygen atoms in total. The maximum Gasteiger partial charge on any atom is 0.303 e. The van der Waals surface area contributed by atoms with Gasteiger partial charge in [0.05, 0.1) is 21.0 Å². The van der Waals surface area contributed by atoms with Crippen LogP contribution < -0.4 is 0 Å². The second kappa shape index (κ2) is 9.68. The number of halogens is 1. The molecule has 0 aliphatic rings. The number of aromatic nitrogens is 1. The van der Waals surface area contributed by atoms with E-state index in [4.69, 9.17) is 16.7 Å². The third-order valence-corrected chi connectivity index (χ3v) is 9.55. The lowest BCUT2D eigenvalue weighted by Gasteiger charge is -2.13. The van der Waals surface area contributed by atoms with Gasteiger partial charge in [0, 0.05) is 28.0 Å². The number of carboxylic acids is 1. The lowest BCUT2D eigenvalue weighted by molar-refractivity contribution is -0.136. The first-order valence-electron chi connectivity index (χ1n) is 10.9. The molecule has 5 aromatic rings. The highest BCUT2D eigenvalue weighted by molar-refractivity contribution is 7.90. The molecule has 0 saturated heterocycles. The Morgan fingerprint density at radius 2 is 1.84 bits per heavy atom. The van der Waals surface area contributed by atoms with E-state index in [1.54, 1.807) is 23.6 Å². The van der Waals surface area contributed by atoms with Crippen LogP contribution in [0.3, 0.4) is 0 Å². The molecule has 0 unspecified atom stereocenters. The van der Waals surface area contributed by atoms with Crippen LogP contribution in [0.15, 0.2) is 70.3 Å². The van der Waals surface area contributed by atoms with Crippen molar-refractivity contribution < 1.29 is 23.4 Å². The summed E-state index contributed by atoms with van der Waals surface area (Å²) in [5.74, 6) is -1.19. The van der Waals surface area contributed by atoms with Crippen molar-refractivity contribution in [3.05, 3.63) is 80.8 Å². The number of aromatic hydroxyl groups is 1. The number of rotatable bonds is 7. The normalized spacial score (nSPS) is 11.6. The van der Waals surface area contributed by atoms with Gasteiger partial charge in [0.1, 0.15) is 16.7 Å². The van der Waals surface area contributed by atoms with Crippen LogP contribution >= 0.6 is 34.3 Å². The number of fused-ring (bicyclic) bond motifs is 1. The average Bonchev–Trinajstić information content (AvgIpc) is 3.61. The summed E-state index contributed by atoms with van der Waals surface area (Å²) in [5, 5.41) is 34.2. The Balaban J connectivity index is 1.95. The van der Waals surface area contributed by atoms with Crippen LogP contribution in [0.5, 0.6) is 5.75 Å². The van der Waals surface area contributed by atoms with E-state index in [0.29, 0.717) is 42.5 Å². The minimum Gasteiger partial charge on any atom is -0.508 e. The van der Waals surface area contributed by atoms with E-state index in [1.165, 1.54) is 63.0 Å². The van der Waals surface area contributed by atoms with Crippen molar-refractivity contribution in [2.24, 2.45) is 0 Å². The van der Waals surface area contributed by atoms with Gasteiger partial charge in [0.25, 0.3) is 10.0 Å². The third-order valence-electron chi connectivity index (χ3n) is 5.88. The summed E-state index contributed by atoms with van der Waals surface area (Å²) in [6.45, 7) is 0. The minimum atomic E-state index is -4.20. The molecule has 3 heterocycles. The lowest BCUT2D eigenvalue weighted by atomic mass is 9.99. The molecule has 0 aliphatic heterocycles. The first-order chi connectivity index (χ1) is 17.7. The van der Waals surface area contributed by atoms with Gasteiger partial charge in [-0.1, -0.05) is 17.7 Å². The molecule has 2 N–H and O–H groups in total. The molecule has 11 heteroatoms. The van der Waals surface area contributed by atoms with Gasteiger partial charge in [-0.05, 0) is 71.3 Å². The zero-order chi connectivity index (χ0) is 26.3. The number of benzene rings is 2. The van der Waals surface area contributed by atoms with E-state index in [1.807, 2.05) is 5.38 Å². The number of hydrogen-bond acceptors (Lipinski definition) is 7. The van der Waals surface area contributed by atoms with Gasteiger partial charge < -0.3 is 10.2 Å². The Morgan fingerprint density at radius 3 is 2.49 bits per heavy atom. The molecule has 5 rings (SSSR count). The SMILES string of the molecule is N#Cc1sccc1-c1c(-c2cccs2)n(S(=O)(=O)c2ccc(Cl)cc2)c2cc(CCC(=O)O)c(O)cc12. The molecule has 2 aromatic carbocycles. The zero-order valence-corrected chi connectivity index (χ0v) is 22.1. The maximum absolute atomic E-state index is 14.2. The van der Waals surface area contributed by atoms with Gasteiger partial charge in [0.15, 0.2) is 0 Å². The molecule has 0 amide bonds. The summed E-state index contributed by atoms with van der Waals surface area (Å²) in [4.78, 5) is 12.3. The number of thiophene rings is 2. The van der Waals surface area contributed by atoms with Crippen LogP contribution in [0, 0.1) is 11.3 Å². The van der Waals surface area contributed by atoms with E-state index in [0.717, 1.165) is 0 Å². The number of nitrogens with zero attached hydrogens (tertiary/aromatic N) is 2. The van der Waals surface area contributed by atoms with Crippen LogP contribution in [0.4, 0.5) is 0 Å². The predicted molar refractivity (Wildman–Crippen MR) is 145 cm³/mol. The van der Waals surface area contributed by atoms with Gasteiger partial charge in [-0.2, -0.15) is 5.26 Å². The molecule has 37 heavy (non-hydrogen) atoms. The molecule has 0 atom stereocenters. The molecule has 3 aromatic heterocycles. The van der Waals surface area contributed by atoms with Crippen molar-refractivity contribution in [2.75, 3.05) is 0 Å². The molecular weight excluding hydrogens is 552 g/mol. The van der Waals surface area contributed by atoms with Crippen molar-refractivity contribution in [3.8, 4) is 33.5 Å². The highest BCUT2D eigenvalue weighted by Gasteiger charge is 2.31. The van der Waals surface area contributed by atoms with Crippen molar-refractivity contribution in [3.63, 3.8) is 0 Å². The summed E-state index contributed by atoms with van der Waals surface area (Å²) in [5.41, 5.74) is 1.96. The quantitative estimate of drug-likeness (QED) is 0.229. The van der Waals surface area contributed by atoms with Crippen LogP contribution in [-0.2, 0) is 21.2 Å². The number of aliphatic carboxylic acids is 1. The fourth-order valence-corrected chi connectivity index (χ4v) is 7.41. The molecule has 0 saturated carbocycles. The Kier molecular flexibility index (Phi) is 6.56. The first-order valence-corrected chi connectivity index (χ1v) is 14.4. The summed E-state index contributed by atoms with van der Waals surface area (Å²) in [6.07, 6.45) is -0.230. The van der Waals surface area contributed by atoms with E-state index in [-0.39, 0.29) is 29.0 Å². The van der Waals surface area contributed by atoms with Crippen molar-refractivity contribution in [2.45, 2.75) is 17.7 Å². The van der Waals surface area contributed by atoms with E-state index in [2.05, 4.69) is 6.07 Å². The lowest BCUT2D eigenvalue weighted by Crippen LogP contribution is -2.14. The second-order valence-electron chi connectivity index (χ2n) is 8.09. The molecule has 0 bridgehead atoms. The fourth-order valence-electron chi connectivity index (χ4n) is 4.24. The first kappa shape index (κ1) is 25.0. The number of aryl methyl sites for hydroxylation is 1. The van der Waals surface area contributed by atoms with E-state index >= 15 is 0 Å². The topological polar surface area (TPSA) is 120 Å². The number of carbonyl (C=O) groups is 1. The number of nitriles is 1. The van der Waals surface area contributed by atoms with Crippen molar-refractivity contribution >= 4 is 61.2 Å². The van der Waals surface area contributed by atoms with Gasteiger partial charge in [0.2, 0.25) is 0 Å². The average molecular weight is 569 g/mol. The number of phenols is 1. The fraction of sp³-hybridized carbons (Fsp3) is 0.0769. The van der Waals surface area contributed by atoms with Gasteiger partial charge >= 0.3 is 5.97 Å². The maximum atomic E-state index is 14.2. The second-order valence-corrected chi connectivity index (χ2v) is 12.2. The Bertz CT molecular complexity index is 1800. The van der Waals surface area contributed by atoms with E-state index < -0.39 is 16.0 Å². The highest BCUT2D eigenvalue weighted by atomic mass is 35.5. The molecule has 0 fully saturated rings. The van der Waals surface area contributed by atoms with E-state index in [9.17, 15) is 23.6 Å². The smallest absolute Gasteiger partial charge is 0.303 e. The zero-order valence-electron chi connectivity index (χ0n) is 18.9. The summed E-state index contributed by atoms with van der Waals surface area (Å²) in [7, 11) is -4.20. The van der Waals surface area contributed by atoms with Gasteiger partial charge in [-0.3, -0.25) is 4.79 Å². The molecule has 0 radical (unpaired) electrons. The number of carboxylic acid groups (broad SMARTS) is 1. The Morgan fingerprint density at radius 1 is 1.08 bits per heavy atom. The molecule has 0 aliphatic carbocycles. The third kappa shape index (κ3) is 4.40. The monoisotopic (exact) mass is 568 g/mol.